The number of piperidine rings is 1. The van der Waals surface area contributed by atoms with Gasteiger partial charge in [-0.25, -0.2) is 0 Å². The van der Waals surface area contributed by atoms with Gasteiger partial charge in [0.1, 0.15) is 5.75 Å². The van der Waals surface area contributed by atoms with Gasteiger partial charge in [0, 0.05) is 18.2 Å². The van der Waals surface area contributed by atoms with Crippen LogP contribution < -0.4 is 10.6 Å². The van der Waals surface area contributed by atoms with E-state index < -0.39 is 0 Å². The number of hydrogen-bond donors (Lipinski definition) is 3. The van der Waals surface area contributed by atoms with Crippen molar-refractivity contribution in [3.63, 3.8) is 0 Å². The molecule has 4 nitrogen and oxygen atoms in total. The van der Waals surface area contributed by atoms with Gasteiger partial charge in [-0.1, -0.05) is 6.92 Å². The van der Waals surface area contributed by atoms with Gasteiger partial charge in [-0.15, -0.1) is 0 Å². The van der Waals surface area contributed by atoms with E-state index in [0.29, 0.717) is 11.5 Å². The second-order valence-corrected chi connectivity index (χ2v) is 5.17. The highest BCUT2D eigenvalue weighted by atomic mass is 16.3. The summed E-state index contributed by atoms with van der Waals surface area (Å²) >= 11 is 0. The lowest BCUT2D eigenvalue weighted by Crippen LogP contribution is -2.48. The number of phenolic OH excluding ortho intramolecular Hbond substituents is 1. The maximum absolute atomic E-state index is 12.1. The van der Waals surface area contributed by atoms with Gasteiger partial charge in [0.2, 0.25) is 0 Å². The number of aromatic hydroxyl groups is 1. The number of nitrogens with one attached hydrogen (secondary N) is 2. The maximum atomic E-state index is 12.1. The summed E-state index contributed by atoms with van der Waals surface area (Å²) in [6.07, 6.45) is 1.01. The van der Waals surface area contributed by atoms with Crippen LogP contribution in [0.3, 0.4) is 0 Å². The highest BCUT2D eigenvalue weighted by molar-refractivity contribution is 5.96. The molecule has 1 saturated heterocycles. The van der Waals surface area contributed by atoms with Gasteiger partial charge >= 0.3 is 0 Å². The third-order valence-corrected chi connectivity index (χ3v) is 3.36. The number of aryl methyl sites for hydroxylation is 1. The van der Waals surface area contributed by atoms with Gasteiger partial charge in [-0.3, -0.25) is 4.79 Å². The zero-order chi connectivity index (χ0) is 13.1. The minimum Gasteiger partial charge on any atom is -0.508 e. The fourth-order valence-electron chi connectivity index (χ4n) is 2.43. The van der Waals surface area contributed by atoms with Gasteiger partial charge in [0.05, 0.1) is 0 Å². The summed E-state index contributed by atoms with van der Waals surface area (Å²) in [5.74, 6) is 0.718. The van der Waals surface area contributed by atoms with E-state index >= 15 is 0 Å². The van der Waals surface area contributed by atoms with Crippen LogP contribution in [0, 0.1) is 12.8 Å². The van der Waals surface area contributed by atoms with Crippen LogP contribution in [-0.2, 0) is 0 Å². The molecule has 1 heterocycles. The zero-order valence-corrected chi connectivity index (χ0v) is 10.9. The number of benzene rings is 1. The Balaban J connectivity index is 2.03. The lowest BCUT2D eigenvalue weighted by Gasteiger charge is -2.28. The lowest BCUT2D eigenvalue weighted by molar-refractivity contribution is 0.0925. The second kappa shape index (κ2) is 5.40. The van der Waals surface area contributed by atoms with Gasteiger partial charge in [0.15, 0.2) is 0 Å². The van der Waals surface area contributed by atoms with Crippen molar-refractivity contribution in [2.24, 2.45) is 5.92 Å². The molecule has 2 atom stereocenters. The third-order valence-electron chi connectivity index (χ3n) is 3.36. The molecule has 0 bridgehead atoms. The predicted octanol–water partition coefficient (Wildman–Crippen LogP) is 1.43. The number of hydrogen-bond acceptors (Lipinski definition) is 3. The number of phenols is 1. The number of rotatable bonds is 2. The van der Waals surface area contributed by atoms with E-state index in [1.807, 2.05) is 6.92 Å². The van der Waals surface area contributed by atoms with E-state index in [-0.39, 0.29) is 17.7 Å². The molecule has 1 aromatic carbocycles. The van der Waals surface area contributed by atoms with Crippen LogP contribution in [0.25, 0.3) is 0 Å². The highest BCUT2D eigenvalue weighted by Gasteiger charge is 2.21. The van der Waals surface area contributed by atoms with E-state index in [2.05, 4.69) is 17.6 Å². The molecule has 3 N–H and O–H groups in total. The molecule has 0 aromatic heterocycles. The third kappa shape index (κ3) is 3.01. The largest absolute Gasteiger partial charge is 0.508 e. The standard InChI is InChI=1S/C14H20N2O2/c1-9-5-11(8-15-7-9)16-14(18)13-4-3-12(17)6-10(13)2/h3-4,6,9,11,15,17H,5,7-8H2,1-2H3,(H,16,18). The quantitative estimate of drug-likeness (QED) is 0.742. The number of carbonyl (C=O) groups is 1. The van der Waals surface area contributed by atoms with Crippen molar-refractivity contribution in [3.05, 3.63) is 29.3 Å². The predicted molar refractivity (Wildman–Crippen MR) is 70.7 cm³/mol. The fourth-order valence-corrected chi connectivity index (χ4v) is 2.43. The molecule has 2 rings (SSSR count). The van der Waals surface area contributed by atoms with Crippen molar-refractivity contribution in [2.75, 3.05) is 13.1 Å². The van der Waals surface area contributed by atoms with E-state index in [0.717, 1.165) is 25.1 Å². The molecule has 0 spiro atoms. The topological polar surface area (TPSA) is 61.4 Å². The minimum atomic E-state index is -0.0617. The van der Waals surface area contributed by atoms with Gasteiger partial charge < -0.3 is 15.7 Å². The van der Waals surface area contributed by atoms with Gasteiger partial charge in [-0.05, 0) is 49.6 Å². The smallest absolute Gasteiger partial charge is 0.251 e. The summed E-state index contributed by atoms with van der Waals surface area (Å²) in [5, 5.41) is 15.7. The molecule has 0 saturated carbocycles. The van der Waals surface area contributed by atoms with Gasteiger partial charge in [0.25, 0.3) is 5.91 Å². The first-order valence-electron chi connectivity index (χ1n) is 6.37. The maximum Gasteiger partial charge on any atom is 0.251 e. The molecule has 1 amide bonds. The molecular weight excluding hydrogens is 228 g/mol. The monoisotopic (exact) mass is 248 g/mol. The SMILES string of the molecule is Cc1cc(O)ccc1C(=O)NC1CNCC(C)C1. The zero-order valence-electron chi connectivity index (χ0n) is 10.9. The fraction of sp³-hybridized carbons (Fsp3) is 0.500. The summed E-state index contributed by atoms with van der Waals surface area (Å²) in [5.41, 5.74) is 1.43. The van der Waals surface area contributed by atoms with Crippen LogP contribution in [0.5, 0.6) is 5.75 Å². The van der Waals surface area contributed by atoms with Gasteiger partial charge in [-0.2, -0.15) is 0 Å². The normalized spacial score (nSPS) is 23.7. The lowest BCUT2D eigenvalue weighted by atomic mass is 9.97. The minimum absolute atomic E-state index is 0.0617. The van der Waals surface area contributed by atoms with Crippen molar-refractivity contribution in [3.8, 4) is 5.75 Å². The van der Waals surface area contributed by atoms with E-state index in [9.17, 15) is 9.90 Å². The molecule has 18 heavy (non-hydrogen) atoms. The van der Waals surface area contributed by atoms with Crippen LogP contribution >= 0.6 is 0 Å². The molecule has 2 unspecified atom stereocenters. The van der Waals surface area contributed by atoms with Crippen molar-refractivity contribution < 1.29 is 9.90 Å². The van der Waals surface area contributed by atoms with Crippen LogP contribution in [0.1, 0.15) is 29.3 Å². The first kappa shape index (κ1) is 12.9. The van der Waals surface area contributed by atoms with Crippen molar-refractivity contribution in [2.45, 2.75) is 26.3 Å². The van der Waals surface area contributed by atoms with Crippen LogP contribution in [0.4, 0.5) is 0 Å². The summed E-state index contributed by atoms with van der Waals surface area (Å²) in [4.78, 5) is 12.1. The summed E-state index contributed by atoms with van der Waals surface area (Å²) in [6.45, 7) is 5.85. The molecule has 1 aliphatic heterocycles. The average molecular weight is 248 g/mol. The Hall–Kier alpha value is -1.55. The number of carbonyl (C=O) groups excluding carboxylic acids is 1. The number of amides is 1. The van der Waals surface area contributed by atoms with Crippen molar-refractivity contribution in [1.82, 2.24) is 10.6 Å². The first-order chi connectivity index (χ1) is 8.56. The van der Waals surface area contributed by atoms with E-state index in [1.165, 1.54) is 0 Å². The van der Waals surface area contributed by atoms with E-state index in [4.69, 9.17) is 0 Å². The van der Waals surface area contributed by atoms with Crippen LogP contribution in [0.2, 0.25) is 0 Å². The highest BCUT2D eigenvalue weighted by Crippen LogP contribution is 2.16. The molecule has 1 fully saturated rings. The summed E-state index contributed by atoms with van der Waals surface area (Å²) in [6, 6.07) is 5.01. The summed E-state index contributed by atoms with van der Waals surface area (Å²) in [7, 11) is 0. The Kier molecular flexibility index (Phi) is 3.87. The molecular formula is C14H20N2O2. The molecule has 0 radical (unpaired) electrons. The Labute approximate surface area is 107 Å². The Morgan fingerprint density at radius 1 is 1.44 bits per heavy atom. The second-order valence-electron chi connectivity index (χ2n) is 5.17. The van der Waals surface area contributed by atoms with Crippen LogP contribution in [-0.4, -0.2) is 30.1 Å². The van der Waals surface area contributed by atoms with Crippen LogP contribution in [0.15, 0.2) is 18.2 Å². The van der Waals surface area contributed by atoms with Crippen molar-refractivity contribution in [1.29, 1.82) is 0 Å². The molecule has 4 heteroatoms. The van der Waals surface area contributed by atoms with E-state index in [1.54, 1.807) is 18.2 Å². The molecule has 0 aliphatic carbocycles. The first-order valence-corrected chi connectivity index (χ1v) is 6.37. The molecule has 1 aliphatic rings. The van der Waals surface area contributed by atoms with Crippen molar-refractivity contribution >= 4 is 5.91 Å². The Morgan fingerprint density at radius 3 is 2.89 bits per heavy atom. The Morgan fingerprint density at radius 2 is 2.22 bits per heavy atom. The molecule has 1 aromatic rings. The Bertz CT molecular complexity index is 445. The average Bonchev–Trinajstić information content (AvgIpc) is 2.28. The summed E-state index contributed by atoms with van der Waals surface area (Å²) < 4.78 is 0. The molecule has 98 valence electrons.